The zero-order chi connectivity index (χ0) is 50.0. The average molecular weight is 977 g/mol. The number of carbonyl (C=O) groups excluding carboxylic acids is 8. The molecule has 1 aliphatic rings. The van der Waals surface area contributed by atoms with Gasteiger partial charge in [-0.05, 0) is 48.9 Å². The van der Waals surface area contributed by atoms with Gasteiger partial charge in [0, 0.05) is 35.0 Å². The number of phenols is 1. The van der Waals surface area contributed by atoms with E-state index in [2.05, 4.69) is 37.2 Å². The first-order valence-electron chi connectivity index (χ1n) is 21.3. The summed E-state index contributed by atoms with van der Waals surface area (Å²) in [4.78, 5) is 122. The lowest BCUT2D eigenvalue weighted by atomic mass is 9.96. The highest BCUT2D eigenvalue weighted by Crippen LogP contribution is 2.17. The summed E-state index contributed by atoms with van der Waals surface area (Å²) < 4.78 is 12.2. The van der Waals surface area contributed by atoms with E-state index >= 15 is 0 Å². The molecular formula is C43H60N8O14S2. The molecule has 67 heavy (non-hydrogen) atoms. The second kappa shape index (κ2) is 27.0. The van der Waals surface area contributed by atoms with Crippen molar-refractivity contribution in [3.63, 3.8) is 0 Å². The van der Waals surface area contributed by atoms with Crippen LogP contribution in [-0.4, -0.2) is 156 Å². The van der Waals surface area contributed by atoms with E-state index in [1.54, 1.807) is 44.2 Å². The molecule has 0 aromatic heterocycles. The Balaban J connectivity index is 1.99. The number of carbonyl (C=O) groups is 9. The number of rotatable bonds is 19. The van der Waals surface area contributed by atoms with Crippen molar-refractivity contribution in [2.24, 2.45) is 11.7 Å². The molecule has 24 heteroatoms. The monoisotopic (exact) mass is 976 g/mol. The van der Waals surface area contributed by atoms with Crippen LogP contribution in [0.2, 0.25) is 0 Å². The van der Waals surface area contributed by atoms with Crippen molar-refractivity contribution in [2.45, 2.75) is 107 Å². The summed E-state index contributed by atoms with van der Waals surface area (Å²) in [6, 6.07) is 1.54. The molecule has 11 atom stereocenters. The first-order chi connectivity index (χ1) is 31.6. The first-order valence-corrected chi connectivity index (χ1v) is 24.0. The maximum absolute atomic E-state index is 14.1. The van der Waals surface area contributed by atoms with E-state index in [0.29, 0.717) is 29.3 Å². The van der Waals surface area contributed by atoms with E-state index in [4.69, 9.17) is 5.73 Å². The van der Waals surface area contributed by atoms with Crippen LogP contribution < -0.4 is 43.0 Å². The summed E-state index contributed by atoms with van der Waals surface area (Å²) in [5.74, 6) is -10.1. The lowest BCUT2D eigenvalue weighted by Crippen LogP contribution is -2.63. The topological polar surface area (TPSA) is 362 Å². The lowest BCUT2D eigenvalue weighted by Gasteiger charge is -2.30. The van der Waals surface area contributed by atoms with Crippen molar-refractivity contribution in [3.05, 3.63) is 65.7 Å². The van der Waals surface area contributed by atoms with Crippen LogP contribution >= 0.6 is 11.8 Å². The number of hydrogen-bond donors (Lipinski definition) is 12. The van der Waals surface area contributed by atoms with Crippen molar-refractivity contribution in [1.82, 2.24) is 37.2 Å². The van der Waals surface area contributed by atoms with Crippen LogP contribution in [0.15, 0.2) is 54.6 Å². The molecule has 1 aliphatic heterocycles. The molecule has 7 amide bonds. The quantitative estimate of drug-likeness (QED) is 0.0661. The van der Waals surface area contributed by atoms with Gasteiger partial charge < -0.3 is 63.4 Å². The van der Waals surface area contributed by atoms with E-state index in [9.17, 15) is 67.8 Å². The van der Waals surface area contributed by atoms with Gasteiger partial charge in [0.2, 0.25) is 46.5 Å². The molecule has 1 fully saturated rings. The Kier molecular flexibility index (Phi) is 22.3. The maximum Gasteiger partial charge on any atom is 0.305 e. The third kappa shape index (κ3) is 18.0. The summed E-state index contributed by atoms with van der Waals surface area (Å²) in [7, 11) is -1.45. The minimum atomic E-state index is -1.91. The Morgan fingerprint density at radius 3 is 2.01 bits per heavy atom. The molecule has 13 N–H and O–H groups in total. The fourth-order valence-corrected chi connectivity index (χ4v) is 8.07. The molecule has 3 rings (SSSR count). The van der Waals surface area contributed by atoms with Gasteiger partial charge in [0.1, 0.15) is 42.0 Å². The molecule has 368 valence electrons. The molecule has 3 unspecified atom stereocenters. The summed E-state index contributed by atoms with van der Waals surface area (Å²) >= 11 is 0.428. The Labute approximate surface area is 393 Å². The van der Waals surface area contributed by atoms with Crippen molar-refractivity contribution in [3.8, 4) is 5.75 Å². The molecule has 0 bridgehead atoms. The van der Waals surface area contributed by atoms with Gasteiger partial charge >= 0.3 is 5.97 Å². The van der Waals surface area contributed by atoms with Gasteiger partial charge in [-0.15, -0.1) is 0 Å². The number of aliphatic hydroxyl groups is 2. The number of aromatic hydroxyl groups is 1. The smallest absolute Gasteiger partial charge is 0.305 e. The van der Waals surface area contributed by atoms with Gasteiger partial charge in [-0.1, -0.05) is 74.5 Å². The number of aliphatic carboxylic acids is 1. The van der Waals surface area contributed by atoms with Gasteiger partial charge in [0.05, 0.1) is 31.2 Å². The molecule has 1 saturated heterocycles. The summed E-state index contributed by atoms with van der Waals surface area (Å²) in [6.07, 6.45) is -1.34. The van der Waals surface area contributed by atoms with Crippen LogP contribution in [0.1, 0.15) is 51.2 Å². The Morgan fingerprint density at radius 2 is 1.43 bits per heavy atom. The second-order valence-electron chi connectivity index (χ2n) is 16.0. The van der Waals surface area contributed by atoms with E-state index < -0.39 is 142 Å². The maximum atomic E-state index is 14.1. The molecule has 1 heterocycles. The minimum absolute atomic E-state index is 0.0218. The van der Waals surface area contributed by atoms with E-state index in [-0.39, 0.29) is 30.8 Å². The highest BCUT2D eigenvalue weighted by molar-refractivity contribution is 8.13. The van der Waals surface area contributed by atoms with Gasteiger partial charge in [0.25, 0.3) is 0 Å². The van der Waals surface area contributed by atoms with E-state index in [1.807, 2.05) is 0 Å². The zero-order valence-corrected chi connectivity index (χ0v) is 39.0. The third-order valence-electron chi connectivity index (χ3n) is 10.6. The van der Waals surface area contributed by atoms with Crippen LogP contribution in [0.5, 0.6) is 5.75 Å². The minimum Gasteiger partial charge on any atom is -0.508 e. The number of hydrogen-bond acceptors (Lipinski definition) is 15. The number of carboxylic acid groups (broad SMARTS) is 1. The molecular weight excluding hydrogens is 917 g/mol. The zero-order valence-electron chi connectivity index (χ0n) is 37.4. The molecule has 2 aromatic rings. The molecule has 0 aliphatic carbocycles. The van der Waals surface area contributed by atoms with Crippen molar-refractivity contribution >= 4 is 75.0 Å². The number of benzene rings is 2. The fourth-order valence-electron chi connectivity index (χ4n) is 6.56. The van der Waals surface area contributed by atoms with Crippen molar-refractivity contribution < 1.29 is 67.8 Å². The Bertz CT molecular complexity index is 2100. The second-order valence-corrected chi connectivity index (χ2v) is 18.6. The number of nitrogens with one attached hydrogen (secondary N) is 7. The predicted octanol–water partition coefficient (Wildman–Crippen LogP) is -3.17. The van der Waals surface area contributed by atoms with Crippen LogP contribution in [0.25, 0.3) is 0 Å². The van der Waals surface area contributed by atoms with E-state index in [1.165, 1.54) is 30.5 Å². The largest absolute Gasteiger partial charge is 0.508 e. The predicted molar refractivity (Wildman–Crippen MR) is 245 cm³/mol. The SMILES string of the molecule is CC[C@H](C)[C@@H]1NC(=O)[C@H](Cc2ccccc2)NC(=O)C(CC(=O)O)NC(=O)[C@@H](NC(=O)[C@@H](NC(=O)[C@H](CO)NC(=O)[C@@H](N)Cc2ccc(O)cc2)[C@@H](C)O)CSC(=O)C(CCS(C)=O)NC1=O. The molecule has 2 aromatic carbocycles. The summed E-state index contributed by atoms with van der Waals surface area (Å²) in [5.41, 5.74) is 7.12. The normalized spacial score (nSPS) is 22.5. The highest BCUT2D eigenvalue weighted by Gasteiger charge is 2.38. The van der Waals surface area contributed by atoms with Crippen molar-refractivity contribution in [1.29, 1.82) is 0 Å². The van der Waals surface area contributed by atoms with Gasteiger partial charge in [-0.2, -0.15) is 0 Å². The first kappa shape index (κ1) is 55.4. The van der Waals surface area contributed by atoms with Crippen LogP contribution in [0.4, 0.5) is 0 Å². The highest BCUT2D eigenvalue weighted by atomic mass is 32.2. The number of phenolic OH excluding ortho intramolecular Hbond substituents is 1. The number of amides is 7. The van der Waals surface area contributed by atoms with Crippen LogP contribution in [-0.2, 0) is 66.8 Å². The number of thioether (sulfide) groups is 1. The fraction of sp³-hybridized carbons (Fsp3) is 0.512. The van der Waals surface area contributed by atoms with Gasteiger partial charge in [-0.25, -0.2) is 0 Å². The molecule has 0 spiro atoms. The standard InChI is InChI=1S/C43H60N8O14S2/c1-5-22(2)34-41(62)45-28(15-16-67(4)65)43(64)66-21-32(40(61)47-30(19-33(55)56)37(58)46-29(38(59)50-34)18-24-9-7-6-8-10-24)49-42(63)35(23(3)53)51-39(60)31(20-52)48-36(57)27(44)17-25-11-13-26(54)14-12-25/h6-14,22-23,27-32,34-35,52-54H,5,15-21,44H2,1-4H3,(H,45,62)(H,46,58)(H,47,61)(H,48,57)(H,49,63)(H,50,59)(H,51,60)(H,55,56)/t22-,23+,27-,28?,29-,30?,31-,32-,34-,35-,67?/m0/s1. The van der Waals surface area contributed by atoms with Crippen molar-refractivity contribution in [2.75, 3.05) is 24.4 Å². The third-order valence-corrected chi connectivity index (χ3v) is 12.5. The molecule has 0 radical (unpaired) electrons. The number of aliphatic hydroxyl groups excluding tert-OH is 2. The van der Waals surface area contributed by atoms with Crippen LogP contribution in [0.3, 0.4) is 0 Å². The summed E-state index contributed by atoms with van der Waals surface area (Å²) in [6.45, 7) is 3.53. The van der Waals surface area contributed by atoms with Gasteiger partial charge in [-0.3, -0.25) is 47.4 Å². The lowest BCUT2D eigenvalue weighted by molar-refractivity contribution is -0.141. The Hall–Kier alpha value is -5.95. The molecule has 0 saturated carbocycles. The summed E-state index contributed by atoms with van der Waals surface area (Å²) in [5, 5.41) is 56.0. The van der Waals surface area contributed by atoms with E-state index in [0.717, 1.165) is 6.92 Å². The van der Waals surface area contributed by atoms with Crippen LogP contribution in [0, 0.1) is 5.92 Å². The Morgan fingerprint density at radius 1 is 0.821 bits per heavy atom. The van der Waals surface area contributed by atoms with Gasteiger partial charge in [0.15, 0.2) is 0 Å². The average Bonchev–Trinajstić information content (AvgIpc) is 3.28. The number of carboxylic acids is 1. The molecule has 22 nitrogen and oxygen atoms in total. The number of nitrogens with two attached hydrogens (primary N) is 1.